The minimum Gasteiger partial charge on any atom is -0.339 e. The molecule has 2 amide bonds. The van der Waals surface area contributed by atoms with Crippen molar-refractivity contribution in [2.24, 2.45) is 0 Å². The average molecular weight is 449 g/mol. The maximum atomic E-state index is 12.7. The Morgan fingerprint density at radius 1 is 1.11 bits per heavy atom. The summed E-state index contributed by atoms with van der Waals surface area (Å²) in [6.45, 7) is 0. The van der Waals surface area contributed by atoms with Gasteiger partial charge in [0.1, 0.15) is 6.04 Å². The van der Waals surface area contributed by atoms with E-state index in [4.69, 9.17) is 0 Å². The molecule has 3 N–H and O–H groups in total. The van der Waals surface area contributed by atoms with Gasteiger partial charge in [0.2, 0.25) is 5.91 Å². The van der Waals surface area contributed by atoms with Crippen molar-refractivity contribution in [3.8, 4) is 0 Å². The summed E-state index contributed by atoms with van der Waals surface area (Å²) in [7, 11) is 3.40. The van der Waals surface area contributed by atoms with Crippen LogP contribution in [-0.2, 0) is 4.79 Å². The third-order valence-electron chi connectivity index (χ3n) is 4.20. The lowest BCUT2D eigenvalue weighted by Crippen LogP contribution is -2.39. The first kappa shape index (κ1) is 19.9. The molecule has 1 heterocycles. The molecular formula is C19H21BrN4O2S. The van der Waals surface area contributed by atoms with Crippen LogP contribution < -0.4 is 16.2 Å². The number of thioether (sulfide) groups is 1. The van der Waals surface area contributed by atoms with Crippen LogP contribution in [0.2, 0.25) is 0 Å². The summed E-state index contributed by atoms with van der Waals surface area (Å²) in [6, 6.07) is 15.1. The fourth-order valence-electron chi connectivity index (χ4n) is 2.71. The third-order valence-corrected chi connectivity index (χ3v) is 5.84. The van der Waals surface area contributed by atoms with E-state index in [1.807, 2.05) is 42.5 Å². The lowest BCUT2D eigenvalue weighted by atomic mass is 10.0. The lowest BCUT2D eigenvalue weighted by Gasteiger charge is -2.15. The predicted molar refractivity (Wildman–Crippen MR) is 112 cm³/mol. The highest BCUT2D eigenvalue weighted by atomic mass is 79.9. The van der Waals surface area contributed by atoms with E-state index in [-0.39, 0.29) is 23.2 Å². The minimum atomic E-state index is -0.360. The van der Waals surface area contributed by atoms with Gasteiger partial charge in [-0.1, -0.05) is 40.2 Å². The van der Waals surface area contributed by atoms with Crippen LogP contribution in [0.5, 0.6) is 0 Å². The number of benzene rings is 2. The van der Waals surface area contributed by atoms with E-state index in [2.05, 4.69) is 32.1 Å². The van der Waals surface area contributed by atoms with Gasteiger partial charge in [0.15, 0.2) is 0 Å². The maximum Gasteiger partial charge on any atom is 0.286 e. The Balaban J connectivity index is 1.64. The van der Waals surface area contributed by atoms with E-state index < -0.39 is 0 Å². The van der Waals surface area contributed by atoms with Gasteiger partial charge in [-0.05, 0) is 48.0 Å². The fraction of sp³-hybridized carbons (Fsp3) is 0.263. The first-order chi connectivity index (χ1) is 12.9. The molecule has 0 aromatic heterocycles. The normalized spacial score (nSPS) is 18.9. The second-order valence-electron chi connectivity index (χ2n) is 6.43. The van der Waals surface area contributed by atoms with Gasteiger partial charge in [-0.15, -0.1) is 0 Å². The molecule has 0 bridgehead atoms. The van der Waals surface area contributed by atoms with Crippen molar-refractivity contribution < 1.29 is 9.59 Å². The largest absolute Gasteiger partial charge is 0.339 e. The van der Waals surface area contributed by atoms with E-state index in [1.165, 1.54) is 4.90 Å². The number of carbonyl (C=O) groups is 2. The number of para-hydroxylation sites is 1. The fourth-order valence-corrected chi connectivity index (χ4v) is 3.72. The van der Waals surface area contributed by atoms with E-state index in [9.17, 15) is 9.59 Å². The number of halogens is 1. The topological polar surface area (TPSA) is 73.5 Å². The minimum absolute atomic E-state index is 0.0637. The van der Waals surface area contributed by atoms with Crippen LogP contribution in [0.3, 0.4) is 0 Å². The Morgan fingerprint density at radius 3 is 2.52 bits per heavy atom. The molecule has 1 aliphatic heterocycles. The van der Waals surface area contributed by atoms with Crippen molar-refractivity contribution in [2.75, 3.05) is 19.4 Å². The molecule has 2 aromatic rings. The molecule has 1 saturated heterocycles. The molecule has 1 aliphatic rings. The lowest BCUT2D eigenvalue weighted by molar-refractivity contribution is -0.117. The van der Waals surface area contributed by atoms with E-state index in [0.717, 1.165) is 26.7 Å². The summed E-state index contributed by atoms with van der Waals surface area (Å²) < 4.78 is 1.02. The number of hydrazine groups is 1. The van der Waals surface area contributed by atoms with Gasteiger partial charge in [0.05, 0.1) is 5.69 Å². The Labute approximate surface area is 171 Å². The van der Waals surface area contributed by atoms with Crippen molar-refractivity contribution in [3.63, 3.8) is 0 Å². The predicted octanol–water partition coefficient (Wildman–Crippen LogP) is 3.77. The Hall–Kier alpha value is -1.87. The molecular weight excluding hydrogens is 428 g/mol. The molecule has 2 unspecified atom stereocenters. The molecule has 3 rings (SSSR count). The first-order valence-electron chi connectivity index (χ1n) is 8.49. The number of carbonyl (C=O) groups excluding carboxylic acids is 2. The van der Waals surface area contributed by atoms with Crippen LogP contribution in [-0.4, -0.2) is 36.2 Å². The van der Waals surface area contributed by atoms with Crippen molar-refractivity contribution in [3.05, 3.63) is 58.6 Å². The van der Waals surface area contributed by atoms with Gasteiger partial charge in [-0.25, -0.2) is 10.9 Å². The summed E-state index contributed by atoms with van der Waals surface area (Å²) in [4.78, 5) is 26.9. The summed E-state index contributed by atoms with van der Waals surface area (Å²) >= 11 is 4.52. The molecule has 0 spiro atoms. The monoisotopic (exact) mass is 448 g/mol. The number of nitrogens with one attached hydrogen (secondary N) is 3. The van der Waals surface area contributed by atoms with Crippen LogP contribution in [0.15, 0.2) is 57.9 Å². The number of nitrogens with zero attached hydrogens (tertiary/aromatic N) is 1. The van der Waals surface area contributed by atoms with E-state index in [1.54, 1.807) is 20.2 Å². The molecule has 2 atom stereocenters. The maximum absolute atomic E-state index is 12.7. The van der Waals surface area contributed by atoms with Gasteiger partial charge in [0.25, 0.3) is 5.24 Å². The van der Waals surface area contributed by atoms with E-state index in [0.29, 0.717) is 12.1 Å². The molecule has 0 aliphatic carbocycles. The van der Waals surface area contributed by atoms with Crippen LogP contribution in [0.25, 0.3) is 0 Å². The summed E-state index contributed by atoms with van der Waals surface area (Å²) in [6.07, 6.45) is 0.638. The highest BCUT2D eigenvalue weighted by Gasteiger charge is 2.30. The second-order valence-corrected chi connectivity index (χ2v) is 8.34. The molecule has 6 nitrogen and oxygen atoms in total. The van der Waals surface area contributed by atoms with Gasteiger partial charge in [0, 0.05) is 29.5 Å². The zero-order chi connectivity index (χ0) is 19.4. The molecule has 2 aromatic carbocycles. The summed E-state index contributed by atoms with van der Waals surface area (Å²) in [5.74, 6) is -0.132. The average Bonchev–Trinajstić information content (AvgIpc) is 3.14. The van der Waals surface area contributed by atoms with Crippen LogP contribution in [0.4, 0.5) is 10.5 Å². The third kappa shape index (κ3) is 5.10. The van der Waals surface area contributed by atoms with Crippen molar-refractivity contribution in [1.29, 1.82) is 0 Å². The van der Waals surface area contributed by atoms with Gasteiger partial charge >= 0.3 is 0 Å². The van der Waals surface area contributed by atoms with Crippen molar-refractivity contribution in [1.82, 2.24) is 15.8 Å². The standard InChI is InChI=1S/C19H21BrN4O2S/c1-24(2)19(26)27-17-6-4-3-5-14(17)21-18(25)16-11-15(22-23-16)12-7-9-13(20)10-8-12/h3-10,15-16,22-23H,11H2,1-2H3,(H,21,25). The number of anilines is 1. The Morgan fingerprint density at radius 2 is 1.81 bits per heavy atom. The molecule has 8 heteroatoms. The highest BCUT2D eigenvalue weighted by molar-refractivity contribution is 9.10. The van der Waals surface area contributed by atoms with Crippen LogP contribution in [0, 0.1) is 0 Å². The van der Waals surface area contributed by atoms with Crippen LogP contribution >= 0.6 is 27.7 Å². The molecule has 142 valence electrons. The molecule has 1 fully saturated rings. The highest BCUT2D eigenvalue weighted by Crippen LogP contribution is 2.30. The number of amides is 2. The number of hydrogen-bond donors (Lipinski definition) is 3. The zero-order valence-electron chi connectivity index (χ0n) is 15.0. The Kier molecular flexibility index (Phi) is 6.54. The van der Waals surface area contributed by atoms with Gasteiger partial charge in [-0.3, -0.25) is 9.59 Å². The summed E-state index contributed by atoms with van der Waals surface area (Å²) in [5.41, 5.74) is 8.00. The first-order valence-corrected chi connectivity index (χ1v) is 10.1. The smallest absolute Gasteiger partial charge is 0.286 e. The van der Waals surface area contributed by atoms with Gasteiger partial charge in [-0.2, -0.15) is 0 Å². The van der Waals surface area contributed by atoms with Crippen LogP contribution in [0.1, 0.15) is 18.0 Å². The molecule has 0 saturated carbocycles. The zero-order valence-corrected chi connectivity index (χ0v) is 17.4. The summed E-state index contributed by atoms with van der Waals surface area (Å²) in [5, 5.41) is 2.85. The Bertz CT molecular complexity index is 829. The second kappa shape index (κ2) is 8.88. The quantitative estimate of drug-likeness (QED) is 0.620. The number of rotatable bonds is 4. The molecule has 0 radical (unpaired) electrons. The van der Waals surface area contributed by atoms with Gasteiger partial charge < -0.3 is 10.2 Å². The van der Waals surface area contributed by atoms with E-state index >= 15 is 0 Å². The SMILES string of the molecule is CN(C)C(=O)Sc1ccccc1NC(=O)C1CC(c2ccc(Br)cc2)NN1. The van der Waals surface area contributed by atoms with Crippen molar-refractivity contribution in [2.45, 2.75) is 23.4 Å². The molecule has 27 heavy (non-hydrogen) atoms. The van der Waals surface area contributed by atoms with Crippen molar-refractivity contribution >= 4 is 44.5 Å². The number of hydrogen-bond acceptors (Lipinski definition) is 5.